The summed E-state index contributed by atoms with van der Waals surface area (Å²) in [5.41, 5.74) is 5.88. The highest BCUT2D eigenvalue weighted by atomic mass is 32.2. The molecule has 2 atom stereocenters. The zero-order chi connectivity index (χ0) is 43.9. The minimum Gasteiger partial charge on any atom is -0.488 e. The SMILES string of the molecule is CCS(=O)(=O)c1ccc(Oc2cc(O[C@@H](C)CO)cc(C(=O)Nc3ccn(C)n3)c2)cn1.N[C@@H](CC(=O)N1CCn2c(nnc2C(F)(F)F)C1)Cc1cc(F)c(F)cc1F. The molecule has 0 radical (unpaired) electrons. The highest BCUT2D eigenvalue weighted by Crippen LogP contribution is 2.31. The van der Waals surface area contributed by atoms with Gasteiger partial charge in [0, 0.05) is 62.6 Å². The van der Waals surface area contributed by atoms with Crippen LogP contribution in [0.1, 0.15) is 47.8 Å². The quantitative estimate of drug-likeness (QED) is 0.111. The lowest BCUT2D eigenvalue weighted by Crippen LogP contribution is -2.42. The average Bonchev–Trinajstić information content (AvgIpc) is 3.82. The van der Waals surface area contributed by atoms with Gasteiger partial charge in [-0.05, 0) is 49.2 Å². The molecule has 0 bridgehead atoms. The maximum atomic E-state index is 13.7. The Kier molecular flexibility index (Phi) is 14.2. The van der Waals surface area contributed by atoms with Gasteiger partial charge < -0.3 is 35.1 Å². The van der Waals surface area contributed by atoms with Crippen LogP contribution in [0.2, 0.25) is 0 Å². The summed E-state index contributed by atoms with van der Waals surface area (Å²) in [7, 11) is -1.69. The number of nitrogens with two attached hydrogens (primary N) is 1. The van der Waals surface area contributed by atoms with Crippen LogP contribution in [0.25, 0.3) is 0 Å². The molecule has 2 amide bonds. The Morgan fingerprint density at radius 3 is 2.33 bits per heavy atom. The number of aromatic nitrogens is 6. The lowest BCUT2D eigenvalue weighted by atomic mass is 10.0. The van der Waals surface area contributed by atoms with Crippen molar-refractivity contribution in [2.45, 2.75) is 63.1 Å². The van der Waals surface area contributed by atoms with E-state index in [1.165, 1.54) is 42.3 Å². The number of amides is 2. The number of fused-ring (bicyclic) bond motifs is 1. The summed E-state index contributed by atoms with van der Waals surface area (Å²) in [5, 5.41) is 22.6. The van der Waals surface area contributed by atoms with Crippen LogP contribution >= 0.6 is 0 Å². The van der Waals surface area contributed by atoms with Gasteiger partial charge in [0.25, 0.3) is 5.91 Å². The number of hydrogen-bond donors (Lipinski definition) is 3. The number of anilines is 1. The Hall–Kier alpha value is -6.07. The molecule has 0 saturated carbocycles. The molecule has 0 aliphatic carbocycles. The summed E-state index contributed by atoms with van der Waals surface area (Å²) in [5.74, 6) is -4.39. The van der Waals surface area contributed by atoms with Crippen molar-refractivity contribution in [3.05, 3.63) is 101 Å². The summed E-state index contributed by atoms with van der Waals surface area (Å²) < 4.78 is 116. The van der Waals surface area contributed by atoms with E-state index in [1.807, 2.05) is 0 Å². The van der Waals surface area contributed by atoms with E-state index in [-0.39, 0.29) is 78.3 Å². The zero-order valence-corrected chi connectivity index (χ0v) is 33.0. The van der Waals surface area contributed by atoms with Gasteiger partial charge in [0.1, 0.15) is 29.2 Å². The number of halogens is 6. The van der Waals surface area contributed by atoms with E-state index >= 15 is 0 Å². The number of alkyl halides is 3. The molecule has 60 heavy (non-hydrogen) atoms. The van der Waals surface area contributed by atoms with E-state index in [0.717, 1.165) is 4.57 Å². The highest BCUT2D eigenvalue weighted by molar-refractivity contribution is 7.91. The molecule has 4 N–H and O–H groups in total. The predicted molar refractivity (Wildman–Crippen MR) is 200 cm³/mol. The standard InChI is InChI=1S/C21H24N4O6S.C16H15F6N5O/c1-4-32(28,29)20-6-5-16(12-22-20)31-18-10-15(9-17(11-18)30-14(2)13-26)21(27)23-19-7-8-25(3)24-19;17-10-6-12(19)11(18)4-8(10)3-9(23)5-14(28)26-1-2-27-13(7-26)24-25-15(27)16(20,21)22/h5-12,14,26H,4,13H2,1-3H3,(H,23,24,27);4,6,9H,1-3,5,7,23H2/t14-;9-/m01/s1. The van der Waals surface area contributed by atoms with Gasteiger partial charge in [0.15, 0.2) is 38.1 Å². The number of rotatable bonds is 13. The van der Waals surface area contributed by atoms with Crippen LogP contribution in [-0.2, 0) is 47.4 Å². The summed E-state index contributed by atoms with van der Waals surface area (Å²) in [6, 6.07) is 9.26. The van der Waals surface area contributed by atoms with Crippen LogP contribution < -0.4 is 20.5 Å². The van der Waals surface area contributed by atoms with Crippen LogP contribution in [0.5, 0.6) is 17.2 Å². The number of nitrogens with one attached hydrogen (secondary N) is 1. The summed E-state index contributed by atoms with van der Waals surface area (Å²) in [6.45, 7) is 2.71. The molecule has 0 unspecified atom stereocenters. The first-order valence-electron chi connectivity index (χ1n) is 18.0. The maximum Gasteiger partial charge on any atom is 0.451 e. The molecule has 2 aromatic carbocycles. The van der Waals surface area contributed by atoms with Gasteiger partial charge in [-0.3, -0.25) is 14.3 Å². The Bertz CT molecular complexity index is 2430. The second-order valence-corrected chi connectivity index (χ2v) is 15.6. The molecule has 23 heteroatoms. The third-order valence-electron chi connectivity index (χ3n) is 8.70. The molecule has 1 aliphatic heterocycles. The number of aliphatic hydroxyl groups excluding tert-OH is 1. The van der Waals surface area contributed by atoms with E-state index < -0.39 is 63.2 Å². The minimum absolute atomic E-state index is 0.000783. The third kappa shape index (κ3) is 11.6. The Balaban J connectivity index is 0.000000230. The molecule has 3 aromatic heterocycles. The molecule has 1 aliphatic rings. The Labute approximate surface area is 338 Å². The van der Waals surface area contributed by atoms with Crippen LogP contribution in [0.4, 0.5) is 32.2 Å². The first-order valence-corrected chi connectivity index (χ1v) is 19.7. The minimum atomic E-state index is -4.64. The van der Waals surface area contributed by atoms with Crippen LogP contribution in [0, 0.1) is 17.5 Å². The lowest BCUT2D eigenvalue weighted by molar-refractivity contribution is -0.148. The van der Waals surface area contributed by atoms with Gasteiger partial charge in [-0.2, -0.15) is 18.3 Å². The molecule has 0 spiro atoms. The monoisotopic (exact) mass is 867 g/mol. The van der Waals surface area contributed by atoms with Gasteiger partial charge in [-0.25, -0.2) is 26.6 Å². The molecule has 5 aromatic rings. The number of hydrogen-bond acceptors (Lipinski definition) is 12. The molecule has 4 heterocycles. The summed E-state index contributed by atoms with van der Waals surface area (Å²) >= 11 is 0. The van der Waals surface area contributed by atoms with Crippen molar-refractivity contribution in [1.29, 1.82) is 0 Å². The van der Waals surface area contributed by atoms with Crippen molar-refractivity contribution < 1.29 is 58.9 Å². The number of sulfone groups is 1. The van der Waals surface area contributed by atoms with Crippen molar-refractivity contribution >= 4 is 27.5 Å². The van der Waals surface area contributed by atoms with Crippen molar-refractivity contribution in [3.63, 3.8) is 0 Å². The Morgan fingerprint density at radius 1 is 0.983 bits per heavy atom. The first-order chi connectivity index (χ1) is 28.3. The van der Waals surface area contributed by atoms with Crippen molar-refractivity contribution in [1.82, 2.24) is 34.4 Å². The van der Waals surface area contributed by atoms with Crippen LogP contribution in [-0.4, -0.2) is 90.8 Å². The van der Waals surface area contributed by atoms with E-state index in [9.17, 15) is 49.5 Å². The maximum absolute atomic E-state index is 13.7. The van der Waals surface area contributed by atoms with Gasteiger partial charge in [0.2, 0.25) is 11.7 Å². The largest absolute Gasteiger partial charge is 0.488 e. The molecular formula is C37H39F6N9O7S. The second kappa shape index (κ2) is 18.9. The van der Waals surface area contributed by atoms with E-state index in [2.05, 4.69) is 25.6 Å². The lowest BCUT2D eigenvalue weighted by Gasteiger charge is -2.29. The van der Waals surface area contributed by atoms with Gasteiger partial charge in [-0.15, -0.1) is 10.2 Å². The van der Waals surface area contributed by atoms with Crippen molar-refractivity contribution in [3.8, 4) is 17.2 Å². The molecule has 0 fully saturated rings. The number of ether oxygens (including phenoxy) is 2. The molecule has 16 nitrogen and oxygen atoms in total. The fourth-order valence-electron chi connectivity index (χ4n) is 5.67. The predicted octanol–water partition coefficient (Wildman–Crippen LogP) is 4.43. The topological polar surface area (TPSA) is 210 Å². The molecule has 0 saturated heterocycles. The van der Waals surface area contributed by atoms with E-state index in [4.69, 9.17) is 15.2 Å². The van der Waals surface area contributed by atoms with E-state index in [0.29, 0.717) is 23.7 Å². The third-order valence-corrected chi connectivity index (χ3v) is 10.3. The summed E-state index contributed by atoms with van der Waals surface area (Å²) in [6.07, 6.45) is -2.62. The second-order valence-electron chi connectivity index (χ2n) is 13.4. The fraction of sp³-hybridized carbons (Fsp3) is 0.351. The van der Waals surface area contributed by atoms with E-state index in [1.54, 1.807) is 37.0 Å². The highest BCUT2D eigenvalue weighted by Gasteiger charge is 2.40. The van der Waals surface area contributed by atoms with Gasteiger partial charge in [0.05, 0.1) is 25.1 Å². The molecular weight excluding hydrogens is 829 g/mol. The smallest absolute Gasteiger partial charge is 0.451 e. The molecule has 322 valence electrons. The average molecular weight is 868 g/mol. The van der Waals surface area contributed by atoms with Gasteiger partial charge >= 0.3 is 6.18 Å². The number of carbonyl (C=O) groups is 2. The fourth-order valence-corrected chi connectivity index (χ4v) is 6.46. The first kappa shape index (κ1) is 45.0. The number of carbonyl (C=O) groups excluding carboxylic acids is 2. The Morgan fingerprint density at radius 2 is 1.70 bits per heavy atom. The number of nitrogens with zero attached hydrogens (tertiary/aromatic N) is 7. The number of benzene rings is 2. The van der Waals surface area contributed by atoms with Crippen LogP contribution in [0.15, 0.2) is 66.0 Å². The number of aryl methyl sites for hydroxylation is 1. The number of aliphatic hydroxyl groups is 1. The van der Waals surface area contributed by atoms with Crippen LogP contribution in [0.3, 0.4) is 0 Å². The van der Waals surface area contributed by atoms with Gasteiger partial charge in [-0.1, -0.05) is 6.92 Å². The van der Waals surface area contributed by atoms with Crippen molar-refractivity contribution in [2.75, 3.05) is 24.2 Å². The van der Waals surface area contributed by atoms with Crippen molar-refractivity contribution in [2.24, 2.45) is 12.8 Å². The summed E-state index contributed by atoms with van der Waals surface area (Å²) in [4.78, 5) is 30.3. The zero-order valence-electron chi connectivity index (χ0n) is 32.2. The number of pyridine rings is 1. The normalized spacial score (nSPS) is 13.8. The molecule has 6 rings (SSSR count).